The molecule has 1 fully saturated rings. The molecule has 0 unspecified atom stereocenters. The topological polar surface area (TPSA) is 51.7 Å². The molecule has 0 atom stereocenters. The van der Waals surface area contributed by atoms with Crippen LogP contribution in [0.25, 0.3) is 22.9 Å². The number of morpholine rings is 1. The number of hydrogen-bond donors (Lipinski definition) is 0. The first-order valence-corrected chi connectivity index (χ1v) is 10.4. The number of esters is 1. The maximum atomic E-state index is 12.4. The molecule has 0 spiro atoms. The van der Waals surface area contributed by atoms with Crippen molar-refractivity contribution in [3.8, 4) is 11.3 Å². The predicted molar refractivity (Wildman–Crippen MR) is 117 cm³/mol. The van der Waals surface area contributed by atoms with Crippen molar-refractivity contribution in [2.24, 2.45) is 0 Å². The van der Waals surface area contributed by atoms with Crippen molar-refractivity contribution in [2.45, 2.75) is 0 Å². The van der Waals surface area contributed by atoms with Gasteiger partial charge >= 0.3 is 5.97 Å². The van der Waals surface area contributed by atoms with Crippen molar-refractivity contribution >= 4 is 34.6 Å². The molecule has 0 bridgehead atoms. The highest BCUT2D eigenvalue weighted by molar-refractivity contribution is 7.11. The molecule has 29 heavy (non-hydrogen) atoms. The highest BCUT2D eigenvalue weighted by Gasteiger charge is 2.17. The molecule has 1 saturated heterocycles. The molecular formula is C23H22N2O3S. The van der Waals surface area contributed by atoms with E-state index < -0.39 is 5.97 Å². The summed E-state index contributed by atoms with van der Waals surface area (Å²) in [7, 11) is 1.39. The van der Waals surface area contributed by atoms with Gasteiger partial charge in [-0.3, -0.25) is 0 Å². The Labute approximate surface area is 174 Å². The zero-order valence-corrected chi connectivity index (χ0v) is 17.0. The van der Waals surface area contributed by atoms with Crippen LogP contribution in [0.4, 0.5) is 5.69 Å². The number of carbonyl (C=O) groups is 1. The second kappa shape index (κ2) is 9.03. The van der Waals surface area contributed by atoms with Gasteiger partial charge in [0.15, 0.2) is 0 Å². The number of carbonyl (C=O) groups excluding carboxylic acids is 1. The molecular weight excluding hydrogens is 384 g/mol. The molecule has 0 radical (unpaired) electrons. The molecule has 1 aliphatic rings. The van der Waals surface area contributed by atoms with E-state index in [-0.39, 0.29) is 0 Å². The number of rotatable bonds is 5. The smallest absolute Gasteiger partial charge is 0.340 e. The van der Waals surface area contributed by atoms with E-state index in [0.717, 1.165) is 48.8 Å². The number of hydrogen-bond acceptors (Lipinski definition) is 6. The lowest BCUT2D eigenvalue weighted by atomic mass is 10.1. The van der Waals surface area contributed by atoms with Crippen molar-refractivity contribution in [1.29, 1.82) is 0 Å². The summed E-state index contributed by atoms with van der Waals surface area (Å²) >= 11 is 1.44. The van der Waals surface area contributed by atoms with Crippen LogP contribution in [0.1, 0.15) is 10.6 Å². The number of nitrogens with zero attached hydrogens (tertiary/aromatic N) is 2. The number of anilines is 1. The third-order valence-corrected chi connectivity index (χ3v) is 5.67. The van der Waals surface area contributed by atoms with Crippen molar-refractivity contribution in [3.05, 3.63) is 70.5 Å². The van der Waals surface area contributed by atoms with Crippen molar-refractivity contribution < 1.29 is 14.3 Å². The van der Waals surface area contributed by atoms with E-state index in [1.165, 1.54) is 18.4 Å². The second-order valence-corrected chi connectivity index (χ2v) is 7.50. The van der Waals surface area contributed by atoms with E-state index >= 15 is 0 Å². The summed E-state index contributed by atoms with van der Waals surface area (Å²) < 4.78 is 10.4. The Morgan fingerprint density at radius 3 is 2.52 bits per heavy atom. The fraction of sp³-hybridized carbons (Fsp3) is 0.217. The van der Waals surface area contributed by atoms with Gasteiger partial charge in [-0.2, -0.15) is 0 Å². The van der Waals surface area contributed by atoms with Crippen LogP contribution in [0.3, 0.4) is 0 Å². The highest BCUT2D eigenvalue weighted by Crippen LogP contribution is 2.28. The highest BCUT2D eigenvalue weighted by atomic mass is 32.1. The lowest BCUT2D eigenvalue weighted by Gasteiger charge is -2.28. The summed E-state index contributed by atoms with van der Waals surface area (Å²) in [6.07, 6.45) is 1.84. The van der Waals surface area contributed by atoms with Gasteiger partial charge < -0.3 is 14.4 Å². The van der Waals surface area contributed by atoms with Crippen LogP contribution in [0, 0.1) is 0 Å². The Balaban J connectivity index is 1.61. The molecule has 0 aliphatic carbocycles. The number of ether oxygens (including phenoxy) is 2. The summed E-state index contributed by atoms with van der Waals surface area (Å²) in [5.74, 6) is -0.392. The summed E-state index contributed by atoms with van der Waals surface area (Å²) in [6, 6.07) is 18.1. The zero-order chi connectivity index (χ0) is 20.1. The summed E-state index contributed by atoms with van der Waals surface area (Å²) in [4.78, 5) is 19.4. The minimum Gasteiger partial charge on any atom is -0.465 e. The third-order valence-electron chi connectivity index (χ3n) is 4.79. The van der Waals surface area contributed by atoms with E-state index in [4.69, 9.17) is 9.47 Å². The Bertz CT molecular complexity index is 990. The molecule has 2 heterocycles. The molecule has 6 heteroatoms. The van der Waals surface area contributed by atoms with Gasteiger partial charge in [-0.1, -0.05) is 42.5 Å². The lowest BCUT2D eigenvalue weighted by molar-refractivity contribution is -0.133. The molecule has 0 saturated carbocycles. The Morgan fingerprint density at radius 2 is 1.83 bits per heavy atom. The van der Waals surface area contributed by atoms with Crippen LogP contribution in [0.5, 0.6) is 0 Å². The standard InChI is InChI=1S/C23H22N2O3S/c1-27-23(26)20(22-24-21(16-29-22)18-5-3-2-4-6-18)15-17-7-9-19(10-8-17)25-11-13-28-14-12-25/h2-10,15-16H,11-14H2,1H3/b20-15-. The van der Waals surface area contributed by atoms with Crippen LogP contribution in [0.15, 0.2) is 60.0 Å². The largest absolute Gasteiger partial charge is 0.465 e. The Morgan fingerprint density at radius 1 is 1.10 bits per heavy atom. The van der Waals surface area contributed by atoms with Crippen LogP contribution < -0.4 is 4.90 Å². The normalized spacial score (nSPS) is 14.7. The zero-order valence-electron chi connectivity index (χ0n) is 16.2. The van der Waals surface area contributed by atoms with E-state index in [9.17, 15) is 4.79 Å². The molecule has 1 aliphatic heterocycles. The number of methoxy groups -OCH3 is 1. The van der Waals surface area contributed by atoms with Gasteiger partial charge in [0.1, 0.15) is 5.01 Å². The minimum atomic E-state index is -0.392. The first-order chi connectivity index (χ1) is 14.2. The van der Waals surface area contributed by atoms with Crippen molar-refractivity contribution in [1.82, 2.24) is 4.98 Å². The van der Waals surface area contributed by atoms with E-state index in [2.05, 4.69) is 22.0 Å². The van der Waals surface area contributed by atoms with E-state index in [0.29, 0.717) is 10.6 Å². The fourth-order valence-electron chi connectivity index (χ4n) is 3.23. The molecule has 3 aromatic rings. The van der Waals surface area contributed by atoms with Crippen LogP contribution in [0.2, 0.25) is 0 Å². The summed E-state index contributed by atoms with van der Waals surface area (Å²) in [6.45, 7) is 3.29. The number of benzene rings is 2. The molecule has 148 valence electrons. The Hall–Kier alpha value is -2.96. The van der Waals surface area contributed by atoms with Crippen molar-refractivity contribution in [3.63, 3.8) is 0 Å². The number of thiazole rings is 1. The van der Waals surface area contributed by atoms with Gasteiger partial charge in [0.05, 0.1) is 31.6 Å². The molecule has 2 aromatic carbocycles. The van der Waals surface area contributed by atoms with Crippen LogP contribution in [-0.4, -0.2) is 44.4 Å². The van der Waals surface area contributed by atoms with Gasteiger partial charge in [-0.05, 0) is 23.8 Å². The molecule has 0 N–H and O–H groups in total. The second-order valence-electron chi connectivity index (χ2n) is 6.64. The van der Waals surface area contributed by atoms with Crippen LogP contribution >= 0.6 is 11.3 Å². The summed E-state index contributed by atoms with van der Waals surface area (Å²) in [5, 5.41) is 2.61. The molecule has 5 nitrogen and oxygen atoms in total. The monoisotopic (exact) mass is 406 g/mol. The lowest BCUT2D eigenvalue weighted by Crippen LogP contribution is -2.36. The van der Waals surface area contributed by atoms with E-state index in [1.807, 2.05) is 53.9 Å². The average Bonchev–Trinajstić information content (AvgIpc) is 3.28. The first-order valence-electron chi connectivity index (χ1n) is 9.49. The number of aromatic nitrogens is 1. The minimum absolute atomic E-state index is 0.392. The van der Waals surface area contributed by atoms with Gasteiger partial charge in [0.25, 0.3) is 0 Å². The van der Waals surface area contributed by atoms with Gasteiger partial charge in [-0.25, -0.2) is 9.78 Å². The van der Waals surface area contributed by atoms with E-state index in [1.54, 1.807) is 0 Å². The average molecular weight is 407 g/mol. The third kappa shape index (κ3) is 4.55. The fourth-order valence-corrected chi connectivity index (χ4v) is 4.06. The molecule has 4 rings (SSSR count). The quantitative estimate of drug-likeness (QED) is 0.465. The SMILES string of the molecule is COC(=O)/C(=C\c1ccc(N2CCOCC2)cc1)c1nc(-c2ccccc2)cs1. The van der Waals surface area contributed by atoms with Gasteiger partial charge in [0, 0.05) is 29.7 Å². The molecule has 0 amide bonds. The Kier molecular flexibility index (Phi) is 6.03. The van der Waals surface area contributed by atoms with Gasteiger partial charge in [-0.15, -0.1) is 11.3 Å². The van der Waals surface area contributed by atoms with Gasteiger partial charge in [0.2, 0.25) is 0 Å². The summed E-state index contributed by atoms with van der Waals surface area (Å²) in [5.41, 5.74) is 4.42. The predicted octanol–water partition coefficient (Wildman–Crippen LogP) is 4.36. The maximum absolute atomic E-state index is 12.4. The maximum Gasteiger partial charge on any atom is 0.340 e. The first kappa shape index (κ1) is 19.4. The van der Waals surface area contributed by atoms with Crippen LogP contribution in [-0.2, 0) is 14.3 Å². The van der Waals surface area contributed by atoms with Crippen molar-refractivity contribution in [2.75, 3.05) is 38.3 Å². The molecule has 1 aromatic heterocycles.